The first kappa shape index (κ1) is 30.3. The highest BCUT2D eigenvalue weighted by atomic mass is 16.6. The summed E-state index contributed by atoms with van der Waals surface area (Å²) in [5, 5.41) is 10.8. The lowest BCUT2D eigenvalue weighted by atomic mass is 10.0. The topological polar surface area (TPSA) is 99.1 Å². The van der Waals surface area contributed by atoms with Gasteiger partial charge in [-0.1, -0.05) is 94.3 Å². The maximum absolute atomic E-state index is 13.5. The second-order valence-corrected chi connectivity index (χ2v) is 10.1. The molecular weight excluding hydrogens is 532 g/mol. The smallest absolute Gasteiger partial charge is 0.351 e. The van der Waals surface area contributed by atoms with Crippen molar-refractivity contribution in [2.75, 3.05) is 6.61 Å². The van der Waals surface area contributed by atoms with Gasteiger partial charge < -0.3 is 19.3 Å². The molecule has 0 saturated carbocycles. The van der Waals surface area contributed by atoms with E-state index in [-0.39, 0.29) is 28.4 Å². The Kier molecular flexibility index (Phi) is 11.1. The van der Waals surface area contributed by atoms with Crippen LogP contribution in [0.25, 0.3) is 10.8 Å². The fourth-order valence-corrected chi connectivity index (χ4v) is 4.72. The third-order valence-corrected chi connectivity index (χ3v) is 6.97. The van der Waals surface area contributed by atoms with E-state index in [0.717, 1.165) is 30.0 Å². The van der Waals surface area contributed by atoms with Gasteiger partial charge in [-0.25, -0.2) is 14.4 Å². The van der Waals surface area contributed by atoms with Crippen molar-refractivity contribution < 1.29 is 33.7 Å². The number of ether oxygens (including phenoxy) is 3. The molecule has 0 bridgehead atoms. The SMILES string of the molecule is CCCCCCCCCCOc1cccc(OC(=O)c2cccc3ccccc23)c1C(=O)Oc1ccc(C(=O)O)cc1. The maximum atomic E-state index is 13.5. The standard InChI is InChI=1S/C35H36O7/c1-2-3-4-5-6-7-8-11-24-40-30-18-13-19-31(32(30)35(39)41-27-22-20-26(21-23-27)33(36)37)42-34(38)29-17-12-15-25-14-9-10-16-28(25)29/h9-10,12-23H,2-8,11,24H2,1H3,(H,36,37). The molecule has 4 aromatic carbocycles. The van der Waals surface area contributed by atoms with Gasteiger partial charge in [0.2, 0.25) is 0 Å². The molecule has 7 heteroatoms. The van der Waals surface area contributed by atoms with Crippen molar-refractivity contribution in [3.05, 3.63) is 102 Å². The molecule has 7 nitrogen and oxygen atoms in total. The summed E-state index contributed by atoms with van der Waals surface area (Å²) in [6.07, 6.45) is 9.14. The number of esters is 2. The number of carboxylic acid groups (broad SMARTS) is 1. The summed E-state index contributed by atoms with van der Waals surface area (Å²) in [5.41, 5.74) is 0.406. The quantitative estimate of drug-likeness (QED) is 0.0872. The van der Waals surface area contributed by atoms with Crippen LogP contribution >= 0.6 is 0 Å². The molecule has 0 saturated heterocycles. The number of carboxylic acids is 1. The zero-order valence-corrected chi connectivity index (χ0v) is 23.8. The summed E-state index contributed by atoms with van der Waals surface area (Å²) in [5.74, 6) is -2.09. The number of hydrogen-bond acceptors (Lipinski definition) is 6. The minimum Gasteiger partial charge on any atom is -0.493 e. The molecule has 0 radical (unpaired) electrons. The molecule has 0 aliphatic heterocycles. The molecule has 1 N–H and O–H groups in total. The second kappa shape index (κ2) is 15.4. The average Bonchev–Trinajstić information content (AvgIpc) is 3.00. The van der Waals surface area contributed by atoms with E-state index in [4.69, 9.17) is 19.3 Å². The minimum atomic E-state index is -1.09. The fourth-order valence-electron chi connectivity index (χ4n) is 4.72. The van der Waals surface area contributed by atoms with Crippen molar-refractivity contribution in [3.8, 4) is 17.2 Å². The molecule has 0 aromatic heterocycles. The highest BCUT2D eigenvalue weighted by Gasteiger charge is 2.24. The van der Waals surface area contributed by atoms with Crippen molar-refractivity contribution in [2.45, 2.75) is 58.3 Å². The van der Waals surface area contributed by atoms with Gasteiger partial charge in [0, 0.05) is 0 Å². The highest BCUT2D eigenvalue weighted by molar-refractivity contribution is 6.06. The molecule has 0 spiro atoms. The van der Waals surface area contributed by atoms with Crippen LogP contribution in [0.15, 0.2) is 84.9 Å². The van der Waals surface area contributed by atoms with Crippen LogP contribution in [-0.2, 0) is 0 Å². The van der Waals surface area contributed by atoms with Crippen LogP contribution in [0.5, 0.6) is 17.2 Å². The Morgan fingerprint density at radius 1 is 0.643 bits per heavy atom. The first-order valence-electron chi connectivity index (χ1n) is 14.5. The molecule has 4 rings (SSSR count). The number of aromatic carboxylic acids is 1. The van der Waals surface area contributed by atoms with Crippen LogP contribution in [0.1, 0.15) is 89.4 Å². The molecule has 0 heterocycles. The Bertz CT molecular complexity index is 1500. The maximum Gasteiger partial charge on any atom is 0.351 e. The number of carbonyl (C=O) groups is 3. The zero-order chi connectivity index (χ0) is 29.7. The van der Waals surface area contributed by atoms with E-state index in [1.807, 2.05) is 30.3 Å². The lowest BCUT2D eigenvalue weighted by Gasteiger charge is -2.15. The summed E-state index contributed by atoms with van der Waals surface area (Å²) in [6.45, 7) is 2.60. The number of hydrogen-bond donors (Lipinski definition) is 1. The largest absolute Gasteiger partial charge is 0.493 e. The van der Waals surface area contributed by atoms with Crippen LogP contribution in [0.4, 0.5) is 0 Å². The van der Waals surface area contributed by atoms with Crippen molar-refractivity contribution in [1.29, 1.82) is 0 Å². The van der Waals surface area contributed by atoms with Crippen LogP contribution in [-0.4, -0.2) is 29.6 Å². The second-order valence-electron chi connectivity index (χ2n) is 10.1. The fraction of sp³-hybridized carbons (Fsp3) is 0.286. The summed E-state index contributed by atoms with van der Waals surface area (Å²) < 4.78 is 17.4. The average molecular weight is 569 g/mol. The summed E-state index contributed by atoms with van der Waals surface area (Å²) in [6, 6.07) is 23.1. The lowest BCUT2D eigenvalue weighted by Crippen LogP contribution is -2.16. The number of rotatable bonds is 15. The number of benzene rings is 4. The predicted molar refractivity (Wildman–Crippen MR) is 162 cm³/mol. The molecule has 0 aliphatic rings. The van der Waals surface area contributed by atoms with Crippen molar-refractivity contribution in [2.24, 2.45) is 0 Å². The van der Waals surface area contributed by atoms with E-state index in [0.29, 0.717) is 12.2 Å². The summed E-state index contributed by atoms with van der Waals surface area (Å²) in [4.78, 5) is 38.0. The number of carbonyl (C=O) groups excluding carboxylic acids is 2. The van der Waals surface area contributed by atoms with Crippen molar-refractivity contribution in [1.82, 2.24) is 0 Å². The normalized spacial score (nSPS) is 10.8. The monoisotopic (exact) mass is 568 g/mol. The van der Waals surface area contributed by atoms with E-state index in [1.165, 1.54) is 62.4 Å². The van der Waals surface area contributed by atoms with E-state index < -0.39 is 17.9 Å². The molecule has 0 aliphatic carbocycles. The molecule has 4 aromatic rings. The number of fused-ring (bicyclic) bond motifs is 1. The van der Waals surface area contributed by atoms with Crippen LogP contribution in [0.3, 0.4) is 0 Å². The van der Waals surface area contributed by atoms with Gasteiger partial charge in [0.05, 0.1) is 17.7 Å². The zero-order valence-electron chi connectivity index (χ0n) is 23.8. The minimum absolute atomic E-state index is 0.00788. The van der Waals surface area contributed by atoms with E-state index in [2.05, 4.69) is 6.92 Å². The Labute approximate surface area is 246 Å². The Morgan fingerprint density at radius 2 is 1.29 bits per heavy atom. The van der Waals surface area contributed by atoms with Gasteiger partial charge in [0.1, 0.15) is 22.8 Å². The van der Waals surface area contributed by atoms with Crippen LogP contribution < -0.4 is 14.2 Å². The molecular formula is C35H36O7. The van der Waals surface area contributed by atoms with Crippen LogP contribution in [0, 0.1) is 0 Å². The predicted octanol–water partition coefficient (Wildman–Crippen LogP) is 8.50. The molecule has 42 heavy (non-hydrogen) atoms. The highest BCUT2D eigenvalue weighted by Crippen LogP contribution is 2.32. The molecule has 0 unspecified atom stereocenters. The van der Waals surface area contributed by atoms with E-state index >= 15 is 0 Å². The molecule has 0 atom stereocenters. The van der Waals surface area contributed by atoms with Crippen molar-refractivity contribution >= 4 is 28.7 Å². The van der Waals surface area contributed by atoms with E-state index in [1.54, 1.807) is 24.3 Å². The number of unbranched alkanes of at least 4 members (excludes halogenated alkanes) is 7. The van der Waals surface area contributed by atoms with E-state index in [9.17, 15) is 14.4 Å². The van der Waals surface area contributed by atoms with Crippen molar-refractivity contribution in [3.63, 3.8) is 0 Å². The molecule has 0 fully saturated rings. The van der Waals surface area contributed by atoms with Gasteiger partial charge in [0.15, 0.2) is 0 Å². The molecule has 218 valence electrons. The van der Waals surface area contributed by atoms with Crippen LogP contribution in [0.2, 0.25) is 0 Å². The van der Waals surface area contributed by atoms with Gasteiger partial charge in [-0.15, -0.1) is 0 Å². The van der Waals surface area contributed by atoms with Gasteiger partial charge >= 0.3 is 17.9 Å². The first-order chi connectivity index (χ1) is 20.5. The van der Waals surface area contributed by atoms with Gasteiger partial charge in [-0.05, 0) is 59.7 Å². The third-order valence-electron chi connectivity index (χ3n) is 6.97. The summed E-state index contributed by atoms with van der Waals surface area (Å²) in [7, 11) is 0. The Morgan fingerprint density at radius 3 is 2.02 bits per heavy atom. The summed E-state index contributed by atoms with van der Waals surface area (Å²) >= 11 is 0. The molecule has 0 amide bonds. The lowest BCUT2D eigenvalue weighted by molar-refractivity contribution is 0.0689. The van der Waals surface area contributed by atoms with Gasteiger partial charge in [0.25, 0.3) is 0 Å². The third kappa shape index (κ3) is 8.19. The van der Waals surface area contributed by atoms with Gasteiger partial charge in [-0.2, -0.15) is 0 Å². The van der Waals surface area contributed by atoms with Gasteiger partial charge in [-0.3, -0.25) is 0 Å². The Balaban J connectivity index is 1.52. The Hall–Kier alpha value is -4.65. The first-order valence-corrected chi connectivity index (χ1v) is 14.5.